The van der Waals surface area contributed by atoms with Gasteiger partial charge in [0.05, 0.1) is 6.26 Å². The first kappa shape index (κ1) is 16.3. The predicted molar refractivity (Wildman–Crippen MR) is 68.0 cm³/mol. The molecule has 4 N–H and O–H groups in total. The number of carbonyl (C=O) groups is 1. The molecule has 0 rings (SSSR count). The van der Waals surface area contributed by atoms with Gasteiger partial charge in [0.2, 0.25) is 15.9 Å². The zero-order chi connectivity index (χ0) is 13.9. The van der Waals surface area contributed by atoms with Gasteiger partial charge in [0.1, 0.15) is 0 Å². The van der Waals surface area contributed by atoms with Gasteiger partial charge in [-0.15, -0.1) is 0 Å². The Hall–Kier alpha value is -0.660. The Bertz CT molecular complexity index is 369. The van der Waals surface area contributed by atoms with E-state index in [1.54, 1.807) is 27.7 Å². The second kappa shape index (κ2) is 5.32. The van der Waals surface area contributed by atoms with Crippen molar-refractivity contribution in [3.05, 3.63) is 0 Å². The summed E-state index contributed by atoms with van der Waals surface area (Å²) >= 11 is 0. The van der Waals surface area contributed by atoms with Gasteiger partial charge >= 0.3 is 0 Å². The summed E-state index contributed by atoms with van der Waals surface area (Å²) < 4.78 is 24.6. The van der Waals surface area contributed by atoms with Gasteiger partial charge in [-0.2, -0.15) is 0 Å². The van der Waals surface area contributed by atoms with Crippen LogP contribution in [-0.2, 0) is 14.8 Å². The van der Waals surface area contributed by atoms with E-state index in [-0.39, 0.29) is 18.9 Å². The molecular weight excluding hydrogens is 242 g/mol. The van der Waals surface area contributed by atoms with Crippen LogP contribution in [-0.4, -0.2) is 38.2 Å². The normalized spacial score (nSPS) is 13.5. The lowest BCUT2D eigenvalue weighted by Crippen LogP contribution is -2.52. The van der Waals surface area contributed by atoms with Crippen molar-refractivity contribution in [2.24, 2.45) is 5.73 Å². The molecule has 6 nitrogen and oxygen atoms in total. The maximum absolute atomic E-state index is 11.5. The molecule has 0 bridgehead atoms. The summed E-state index contributed by atoms with van der Waals surface area (Å²) in [5.74, 6) is -0.194. The molecule has 0 fully saturated rings. The Morgan fingerprint density at radius 2 is 1.71 bits per heavy atom. The number of amides is 1. The summed E-state index contributed by atoms with van der Waals surface area (Å²) in [6, 6.07) is 0. The maximum Gasteiger partial charge on any atom is 0.221 e. The van der Waals surface area contributed by atoms with Gasteiger partial charge in [0, 0.05) is 24.0 Å². The second-order valence-corrected chi connectivity index (χ2v) is 7.45. The summed E-state index contributed by atoms with van der Waals surface area (Å²) in [5, 5.41) is 2.66. The number of carbonyl (C=O) groups excluding carboxylic acids is 1. The number of sulfonamides is 1. The van der Waals surface area contributed by atoms with Gasteiger partial charge in [0.25, 0.3) is 0 Å². The first-order valence-electron chi connectivity index (χ1n) is 5.35. The summed E-state index contributed by atoms with van der Waals surface area (Å²) in [6.07, 6.45) is 1.28. The van der Waals surface area contributed by atoms with Crippen LogP contribution in [0.4, 0.5) is 0 Å². The minimum Gasteiger partial charge on any atom is -0.354 e. The quantitative estimate of drug-likeness (QED) is 0.606. The van der Waals surface area contributed by atoms with Crippen molar-refractivity contribution in [1.29, 1.82) is 0 Å². The Morgan fingerprint density at radius 3 is 2.06 bits per heavy atom. The van der Waals surface area contributed by atoms with Gasteiger partial charge in [-0.05, 0) is 27.7 Å². The van der Waals surface area contributed by atoms with Crippen molar-refractivity contribution < 1.29 is 13.2 Å². The van der Waals surface area contributed by atoms with Gasteiger partial charge in [-0.3, -0.25) is 4.79 Å². The molecule has 0 aliphatic rings. The summed E-state index contributed by atoms with van der Waals surface area (Å²) in [7, 11) is -3.29. The summed E-state index contributed by atoms with van der Waals surface area (Å²) in [5.41, 5.74) is 4.41. The van der Waals surface area contributed by atoms with E-state index >= 15 is 0 Å². The molecule has 0 radical (unpaired) electrons. The number of nitrogens with one attached hydrogen (secondary N) is 2. The number of hydrogen-bond donors (Lipinski definition) is 3. The Balaban J connectivity index is 4.24. The van der Waals surface area contributed by atoms with Crippen LogP contribution in [0.1, 0.15) is 34.1 Å². The lowest BCUT2D eigenvalue weighted by molar-refractivity contribution is -0.122. The fraction of sp³-hybridized carbons (Fsp3) is 0.900. The first-order valence-corrected chi connectivity index (χ1v) is 7.24. The highest BCUT2D eigenvalue weighted by Gasteiger charge is 2.24. The van der Waals surface area contributed by atoms with Crippen molar-refractivity contribution in [1.82, 2.24) is 10.0 Å². The molecule has 1 amide bonds. The Kier molecular flexibility index (Phi) is 5.12. The zero-order valence-electron chi connectivity index (χ0n) is 11.1. The molecule has 0 unspecified atom stereocenters. The average molecular weight is 265 g/mol. The molecule has 17 heavy (non-hydrogen) atoms. The predicted octanol–water partition coefficient (Wildman–Crippen LogP) is -0.442. The van der Waals surface area contributed by atoms with Crippen LogP contribution in [0.25, 0.3) is 0 Å². The third kappa shape index (κ3) is 10.2. The van der Waals surface area contributed by atoms with Crippen molar-refractivity contribution in [2.45, 2.75) is 45.2 Å². The lowest BCUT2D eigenvalue weighted by atomic mass is 10.0. The van der Waals surface area contributed by atoms with Crippen LogP contribution in [0.2, 0.25) is 0 Å². The summed E-state index contributed by atoms with van der Waals surface area (Å²) in [4.78, 5) is 11.5. The molecule has 0 aromatic heterocycles. The summed E-state index contributed by atoms with van der Waals surface area (Å²) in [6.45, 7) is 7.12. The lowest BCUT2D eigenvalue weighted by Gasteiger charge is -2.26. The number of hydrogen-bond acceptors (Lipinski definition) is 4. The fourth-order valence-corrected chi connectivity index (χ4v) is 2.41. The zero-order valence-corrected chi connectivity index (χ0v) is 11.9. The molecule has 0 saturated heterocycles. The molecule has 0 saturated carbocycles. The van der Waals surface area contributed by atoms with Crippen LogP contribution in [0, 0.1) is 0 Å². The molecule has 0 aromatic carbocycles. The molecule has 0 aliphatic heterocycles. The van der Waals surface area contributed by atoms with Crippen LogP contribution < -0.4 is 15.8 Å². The molecule has 7 heteroatoms. The number of rotatable bonds is 6. The topological polar surface area (TPSA) is 101 Å². The average Bonchev–Trinajstić information content (AvgIpc) is 1.92. The van der Waals surface area contributed by atoms with Crippen molar-refractivity contribution in [2.75, 3.05) is 12.8 Å². The van der Waals surface area contributed by atoms with E-state index in [2.05, 4.69) is 10.0 Å². The van der Waals surface area contributed by atoms with Crippen LogP contribution in [0.15, 0.2) is 0 Å². The van der Waals surface area contributed by atoms with Gasteiger partial charge in [-0.1, -0.05) is 0 Å². The SMILES string of the molecule is CC(C)(N)CC(=O)NCC(C)(C)NS(C)(=O)=O. The molecule has 0 atom stereocenters. The standard InChI is InChI=1S/C10H23N3O3S/c1-9(2,11)6-8(14)12-7-10(3,4)13-17(5,15)16/h13H,6-7,11H2,1-5H3,(H,12,14). The van der Waals surface area contributed by atoms with Gasteiger partial charge < -0.3 is 11.1 Å². The molecule has 0 heterocycles. The Labute approximate surface area is 103 Å². The molecule has 0 aliphatic carbocycles. The highest BCUT2D eigenvalue weighted by Crippen LogP contribution is 2.05. The third-order valence-electron chi connectivity index (χ3n) is 1.81. The third-order valence-corrected chi connectivity index (χ3v) is 2.73. The smallest absolute Gasteiger partial charge is 0.221 e. The first-order chi connectivity index (χ1) is 7.31. The van der Waals surface area contributed by atoms with E-state index in [9.17, 15) is 13.2 Å². The highest BCUT2D eigenvalue weighted by atomic mass is 32.2. The van der Waals surface area contributed by atoms with Crippen LogP contribution in [0.3, 0.4) is 0 Å². The second-order valence-electron chi connectivity index (χ2n) is 5.70. The monoisotopic (exact) mass is 265 g/mol. The van der Waals surface area contributed by atoms with Gasteiger partial charge in [-0.25, -0.2) is 13.1 Å². The van der Waals surface area contributed by atoms with Gasteiger partial charge in [0.15, 0.2) is 0 Å². The minimum atomic E-state index is -3.29. The molecule has 102 valence electrons. The van der Waals surface area contributed by atoms with E-state index in [0.717, 1.165) is 6.26 Å². The van der Waals surface area contributed by atoms with Crippen molar-refractivity contribution in [3.8, 4) is 0 Å². The Morgan fingerprint density at radius 1 is 1.24 bits per heavy atom. The van der Waals surface area contributed by atoms with E-state index in [1.165, 1.54) is 0 Å². The maximum atomic E-state index is 11.5. The van der Waals surface area contributed by atoms with E-state index < -0.39 is 21.1 Å². The van der Waals surface area contributed by atoms with Crippen molar-refractivity contribution >= 4 is 15.9 Å². The van der Waals surface area contributed by atoms with Crippen LogP contribution in [0.5, 0.6) is 0 Å². The fourth-order valence-electron chi connectivity index (χ4n) is 1.33. The molecule has 0 aromatic rings. The van der Waals surface area contributed by atoms with E-state index in [4.69, 9.17) is 5.73 Å². The molecular formula is C10H23N3O3S. The number of nitrogens with two attached hydrogens (primary N) is 1. The highest BCUT2D eigenvalue weighted by molar-refractivity contribution is 7.88. The van der Waals surface area contributed by atoms with Crippen molar-refractivity contribution in [3.63, 3.8) is 0 Å². The van der Waals surface area contributed by atoms with E-state index in [1.807, 2.05) is 0 Å². The minimum absolute atomic E-state index is 0.194. The van der Waals surface area contributed by atoms with E-state index in [0.29, 0.717) is 0 Å². The van der Waals surface area contributed by atoms with Crippen LogP contribution >= 0.6 is 0 Å². The molecule has 0 spiro atoms. The largest absolute Gasteiger partial charge is 0.354 e.